The third-order valence-corrected chi connectivity index (χ3v) is 3.51. The van der Waals surface area contributed by atoms with Gasteiger partial charge in [-0.05, 0) is 0 Å². The molecule has 114 valence electrons. The summed E-state index contributed by atoms with van der Waals surface area (Å²) in [6.07, 6.45) is 12.4. The quantitative estimate of drug-likeness (QED) is 0.343. The van der Waals surface area contributed by atoms with Crippen LogP contribution in [0, 0.1) is 0 Å². The van der Waals surface area contributed by atoms with Crippen LogP contribution in [0.2, 0.25) is 3.17 Å². The average Bonchev–Trinajstić information content (AvgIpc) is 2.31. The summed E-state index contributed by atoms with van der Waals surface area (Å²) < 4.78 is 1.04. The molecule has 1 unspecified atom stereocenters. The monoisotopic (exact) mass is 296 g/mol. The van der Waals surface area contributed by atoms with E-state index in [0.29, 0.717) is 0 Å². The smallest absolute Gasteiger partial charge is 0.314 e. The molecule has 0 rings (SSSR count). The van der Waals surface area contributed by atoms with Crippen molar-refractivity contribution in [2.24, 2.45) is 0 Å². The summed E-state index contributed by atoms with van der Waals surface area (Å²) >= 11 is 1.39. The largest absolute Gasteiger partial charge is 0.481 e. The molecule has 1 atom stereocenters. The van der Waals surface area contributed by atoms with Crippen molar-refractivity contribution in [2.45, 2.75) is 81.2 Å². The summed E-state index contributed by atoms with van der Waals surface area (Å²) in [5.41, 5.74) is 0. The van der Waals surface area contributed by atoms with Gasteiger partial charge in [-0.1, -0.05) is 0 Å². The van der Waals surface area contributed by atoms with Crippen LogP contribution >= 0.6 is 0 Å². The predicted octanol–water partition coefficient (Wildman–Crippen LogP) is 4.04. The number of carboxylic acids is 2. The van der Waals surface area contributed by atoms with Gasteiger partial charge in [0.25, 0.3) is 0 Å². The number of aliphatic carboxylic acids is 2. The molecular weight excluding hydrogens is 267 g/mol. The van der Waals surface area contributed by atoms with E-state index in [9.17, 15) is 9.59 Å². The van der Waals surface area contributed by atoms with Crippen molar-refractivity contribution in [3.8, 4) is 0 Å². The van der Waals surface area contributed by atoms with Crippen LogP contribution in [0.4, 0.5) is 0 Å². The van der Waals surface area contributed by atoms with Crippen LogP contribution in [-0.4, -0.2) is 50.1 Å². The van der Waals surface area contributed by atoms with Crippen LogP contribution in [-0.2, 0) is 9.59 Å². The molecule has 0 fully saturated rings. The van der Waals surface area contributed by atoms with Gasteiger partial charge >= 0.3 is 115 Å². The fourth-order valence-corrected chi connectivity index (χ4v) is 2.22. The standard InChI is InChI=1S/C12H25.C3H4O4.Na/c1-3-5-7-9-11-12-10-8-6-4-2;4-2(5)1-3(6)7;/h3H,4-12H2,1-2H3;1H2,(H,4,5)(H,6,7);. The van der Waals surface area contributed by atoms with Gasteiger partial charge in [0.1, 0.15) is 6.42 Å². The molecule has 0 aromatic carbocycles. The van der Waals surface area contributed by atoms with Crippen LogP contribution in [0.15, 0.2) is 0 Å². The second-order valence-electron chi connectivity index (χ2n) is 5.62. The Morgan fingerprint density at radius 3 is 1.60 bits per heavy atom. The van der Waals surface area contributed by atoms with Gasteiger partial charge in [0.15, 0.2) is 0 Å². The number of carbonyl (C=O) groups is 2. The van der Waals surface area contributed by atoms with E-state index in [4.69, 9.17) is 10.2 Å². The number of unbranched alkanes of at least 4 members (excludes halogenated alkanes) is 7. The fourth-order valence-electron chi connectivity index (χ4n) is 1.82. The van der Waals surface area contributed by atoms with E-state index in [0.717, 1.165) is 3.17 Å². The second kappa shape index (κ2) is 17.0. The molecule has 0 amide bonds. The topological polar surface area (TPSA) is 74.6 Å². The van der Waals surface area contributed by atoms with E-state index in [1.807, 2.05) is 0 Å². The molecule has 4 nitrogen and oxygen atoms in total. The number of rotatable bonds is 11. The third kappa shape index (κ3) is 26.5. The molecule has 0 saturated carbocycles. The molecule has 0 aliphatic heterocycles. The predicted molar refractivity (Wildman–Crippen MR) is 82.3 cm³/mol. The van der Waals surface area contributed by atoms with Crippen molar-refractivity contribution in [1.29, 1.82) is 0 Å². The molecule has 2 N–H and O–H groups in total. The Morgan fingerprint density at radius 1 is 0.900 bits per heavy atom. The first-order valence-corrected chi connectivity index (χ1v) is 8.99. The summed E-state index contributed by atoms with van der Waals surface area (Å²) in [6, 6.07) is 0. The van der Waals surface area contributed by atoms with Gasteiger partial charge in [0.2, 0.25) is 0 Å². The normalized spacial score (nSPS) is 11.4. The number of hydrogen-bond acceptors (Lipinski definition) is 2. The zero-order valence-electron chi connectivity index (χ0n) is 13.4. The molecular formula is C15H29NaO4. The third-order valence-electron chi connectivity index (χ3n) is 2.94. The van der Waals surface area contributed by atoms with Crippen molar-refractivity contribution in [3.05, 3.63) is 0 Å². The van der Waals surface area contributed by atoms with E-state index in [1.165, 1.54) is 85.7 Å². The minimum absolute atomic E-state index is 0.806. The Labute approximate surface area is 140 Å². The number of carboxylic acid groups (broad SMARTS) is 2. The van der Waals surface area contributed by atoms with E-state index < -0.39 is 18.4 Å². The maximum absolute atomic E-state index is 9.43. The summed E-state index contributed by atoms with van der Waals surface area (Å²) in [7, 11) is 0. The molecule has 0 radical (unpaired) electrons. The molecule has 0 aliphatic rings. The van der Waals surface area contributed by atoms with E-state index in [1.54, 1.807) is 0 Å². The Kier molecular flexibility index (Phi) is 18.9. The molecule has 0 aromatic rings. The Bertz CT molecular complexity index is 230. The maximum atomic E-state index is 9.43. The first kappa shape index (κ1) is 22.2. The summed E-state index contributed by atoms with van der Waals surface area (Å²) in [6.45, 7) is 4.67. The van der Waals surface area contributed by atoms with Crippen LogP contribution < -0.4 is 0 Å². The second-order valence-corrected chi connectivity index (χ2v) is 7.59. The van der Waals surface area contributed by atoms with Gasteiger partial charge in [-0.25, -0.2) is 0 Å². The van der Waals surface area contributed by atoms with Crippen molar-refractivity contribution < 1.29 is 19.8 Å². The van der Waals surface area contributed by atoms with Gasteiger partial charge in [-0.2, -0.15) is 0 Å². The van der Waals surface area contributed by atoms with E-state index in [-0.39, 0.29) is 0 Å². The van der Waals surface area contributed by atoms with Gasteiger partial charge < -0.3 is 10.2 Å². The summed E-state index contributed by atoms with van der Waals surface area (Å²) in [5, 5.41) is 15.4. The van der Waals surface area contributed by atoms with E-state index in [2.05, 4.69) is 13.8 Å². The first-order chi connectivity index (χ1) is 9.40. The average molecular weight is 296 g/mol. The zero-order chi connectivity index (χ0) is 15.8. The van der Waals surface area contributed by atoms with Crippen LogP contribution in [0.25, 0.3) is 0 Å². The Morgan fingerprint density at radius 2 is 1.30 bits per heavy atom. The molecule has 5 heteroatoms. The number of hydrogen-bond donors (Lipinski definition) is 2. The van der Waals surface area contributed by atoms with Crippen molar-refractivity contribution in [1.82, 2.24) is 0 Å². The van der Waals surface area contributed by atoms with Gasteiger partial charge in [-0.3, -0.25) is 9.59 Å². The molecule has 0 spiro atoms. The minimum Gasteiger partial charge on any atom is -0.481 e. The van der Waals surface area contributed by atoms with Crippen LogP contribution in [0.3, 0.4) is 0 Å². The molecule has 0 bridgehead atoms. The molecule has 0 aliphatic carbocycles. The van der Waals surface area contributed by atoms with Crippen LogP contribution in [0.5, 0.6) is 0 Å². The SMILES string of the molecule is CCCCCCCCCC[CH](C)[Na].O=C(O)CC(=O)O. The summed E-state index contributed by atoms with van der Waals surface area (Å²) in [5.74, 6) is -2.62. The van der Waals surface area contributed by atoms with Gasteiger partial charge in [-0.15, -0.1) is 0 Å². The Balaban J connectivity index is 0. The van der Waals surface area contributed by atoms with Crippen molar-refractivity contribution in [3.63, 3.8) is 0 Å². The molecule has 0 heterocycles. The molecule has 0 aromatic heterocycles. The minimum atomic E-state index is -1.31. The van der Waals surface area contributed by atoms with Crippen molar-refractivity contribution >= 4 is 39.9 Å². The first-order valence-electron chi connectivity index (χ1n) is 7.83. The zero-order valence-corrected chi connectivity index (χ0v) is 15.4. The molecule has 0 saturated heterocycles. The van der Waals surface area contributed by atoms with Crippen molar-refractivity contribution in [2.75, 3.05) is 0 Å². The maximum Gasteiger partial charge on any atom is 0.314 e. The molecule has 20 heavy (non-hydrogen) atoms. The van der Waals surface area contributed by atoms with Gasteiger partial charge in [0, 0.05) is 0 Å². The van der Waals surface area contributed by atoms with Gasteiger partial charge in [0.05, 0.1) is 0 Å². The Hall–Kier alpha value is -0.0600. The van der Waals surface area contributed by atoms with Crippen LogP contribution in [0.1, 0.15) is 78.1 Å². The summed E-state index contributed by atoms with van der Waals surface area (Å²) in [4.78, 5) is 18.9. The van der Waals surface area contributed by atoms with E-state index >= 15 is 0 Å². The fraction of sp³-hybridized carbons (Fsp3) is 0.867.